The van der Waals surface area contributed by atoms with E-state index < -0.39 is 0 Å². The molecule has 0 amide bonds. The van der Waals surface area contributed by atoms with Gasteiger partial charge in [0.25, 0.3) is 0 Å². The lowest BCUT2D eigenvalue weighted by molar-refractivity contribution is 0.0979. The minimum atomic E-state index is 0.292. The van der Waals surface area contributed by atoms with Crippen LogP contribution in [-0.2, 0) is 6.54 Å². The number of hydrogen-bond acceptors (Lipinski definition) is 3. The summed E-state index contributed by atoms with van der Waals surface area (Å²) in [6.45, 7) is 5.14. The molecule has 1 aliphatic rings. The molecule has 0 aromatic heterocycles. The third-order valence-corrected chi connectivity index (χ3v) is 3.89. The van der Waals surface area contributed by atoms with Crippen LogP contribution in [0, 0.1) is 11.8 Å². The van der Waals surface area contributed by atoms with E-state index in [9.17, 15) is 0 Å². The van der Waals surface area contributed by atoms with Gasteiger partial charge in [0.2, 0.25) is 0 Å². The molecule has 0 spiro atoms. The van der Waals surface area contributed by atoms with Crippen molar-refractivity contribution >= 4 is 0 Å². The molecule has 1 saturated carbocycles. The van der Waals surface area contributed by atoms with E-state index in [2.05, 4.69) is 13.8 Å². The van der Waals surface area contributed by atoms with Crippen LogP contribution in [0.25, 0.3) is 0 Å². The van der Waals surface area contributed by atoms with Crippen LogP contribution in [0.1, 0.15) is 38.7 Å². The zero-order chi connectivity index (χ0) is 13.8. The maximum absolute atomic E-state index is 6.18. The fraction of sp³-hybridized carbons (Fsp3) is 0.625. The van der Waals surface area contributed by atoms with Gasteiger partial charge in [-0.15, -0.1) is 0 Å². The lowest BCUT2D eigenvalue weighted by Crippen LogP contribution is -2.28. The SMILES string of the molecule is COc1ccc(CN)cc1OC1CC(C)CC(C)C1. The lowest BCUT2D eigenvalue weighted by Gasteiger charge is -2.32. The molecule has 19 heavy (non-hydrogen) atoms. The molecule has 1 aromatic carbocycles. The first kappa shape index (κ1) is 14.2. The molecule has 2 N–H and O–H groups in total. The molecule has 2 atom stereocenters. The van der Waals surface area contributed by atoms with Gasteiger partial charge < -0.3 is 15.2 Å². The van der Waals surface area contributed by atoms with E-state index in [1.807, 2.05) is 18.2 Å². The van der Waals surface area contributed by atoms with Crippen LogP contribution < -0.4 is 15.2 Å². The third kappa shape index (κ3) is 3.63. The molecule has 3 nitrogen and oxygen atoms in total. The van der Waals surface area contributed by atoms with Gasteiger partial charge in [-0.1, -0.05) is 19.9 Å². The van der Waals surface area contributed by atoms with Gasteiger partial charge in [0.1, 0.15) is 0 Å². The molecule has 0 saturated heterocycles. The number of ether oxygens (including phenoxy) is 2. The molecule has 0 radical (unpaired) electrons. The summed E-state index contributed by atoms with van der Waals surface area (Å²) in [5, 5.41) is 0. The molecule has 2 rings (SSSR count). The Kier molecular flexibility index (Phi) is 4.70. The summed E-state index contributed by atoms with van der Waals surface area (Å²) in [7, 11) is 1.68. The van der Waals surface area contributed by atoms with E-state index >= 15 is 0 Å². The van der Waals surface area contributed by atoms with Crippen molar-refractivity contribution in [3.63, 3.8) is 0 Å². The van der Waals surface area contributed by atoms with Crippen LogP contribution in [0.5, 0.6) is 11.5 Å². The van der Waals surface area contributed by atoms with Crippen LogP contribution in [0.4, 0.5) is 0 Å². The Morgan fingerprint density at radius 2 is 1.79 bits per heavy atom. The van der Waals surface area contributed by atoms with E-state index in [4.69, 9.17) is 15.2 Å². The predicted octanol–water partition coefficient (Wildman–Crippen LogP) is 3.36. The van der Waals surface area contributed by atoms with Crippen molar-refractivity contribution < 1.29 is 9.47 Å². The number of rotatable bonds is 4. The normalized spacial score (nSPS) is 27.1. The highest BCUT2D eigenvalue weighted by atomic mass is 16.5. The van der Waals surface area contributed by atoms with Gasteiger partial charge in [0.15, 0.2) is 11.5 Å². The van der Waals surface area contributed by atoms with Gasteiger partial charge in [-0.05, 0) is 48.8 Å². The summed E-state index contributed by atoms with van der Waals surface area (Å²) in [5.74, 6) is 3.09. The van der Waals surface area contributed by atoms with E-state index in [1.54, 1.807) is 7.11 Å². The van der Waals surface area contributed by atoms with Gasteiger partial charge in [-0.25, -0.2) is 0 Å². The molecule has 106 valence electrons. The second-order valence-corrected chi connectivity index (χ2v) is 5.85. The summed E-state index contributed by atoms with van der Waals surface area (Å²) in [5.41, 5.74) is 6.77. The summed E-state index contributed by atoms with van der Waals surface area (Å²) in [6.07, 6.45) is 3.85. The van der Waals surface area contributed by atoms with Gasteiger partial charge in [0, 0.05) is 6.54 Å². The number of nitrogens with two attached hydrogens (primary N) is 1. The molecular formula is C16H25NO2. The minimum absolute atomic E-state index is 0.292. The Hall–Kier alpha value is -1.22. The Labute approximate surface area is 116 Å². The summed E-state index contributed by atoms with van der Waals surface area (Å²) >= 11 is 0. The molecule has 1 aromatic rings. The summed E-state index contributed by atoms with van der Waals surface area (Å²) in [4.78, 5) is 0. The zero-order valence-electron chi connectivity index (χ0n) is 12.2. The standard InChI is InChI=1S/C16H25NO2/c1-11-6-12(2)8-14(7-11)19-16-9-13(10-17)4-5-15(16)18-3/h4-5,9,11-12,14H,6-8,10,17H2,1-3H3. The highest BCUT2D eigenvalue weighted by molar-refractivity contribution is 5.43. The lowest BCUT2D eigenvalue weighted by atomic mass is 9.82. The van der Waals surface area contributed by atoms with Crippen molar-refractivity contribution in [2.45, 2.75) is 45.8 Å². The molecule has 1 fully saturated rings. The van der Waals surface area contributed by atoms with Crippen LogP contribution in [-0.4, -0.2) is 13.2 Å². The maximum Gasteiger partial charge on any atom is 0.161 e. The van der Waals surface area contributed by atoms with Crippen molar-refractivity contribution in [1.29, 1.82) is 0 Å². The molecule has 1 aliphatic carbocycles. The highest BCUT2D eigenvalue weighted by Gasteiger charge is 2.26. The first-order valence-corrected chi connectivity index (χ1v) is 7.16. The summed E-state index contributed by atoms with van der Waals surface area (Å²) < 4.78 is 11.6. The molecule has 0 heterocycles. The predicted molar refractivity (Wildman–Crippen MR) is 77.5 cm³/mol. The number of hydrogen-bond donors (Lipinski definition) is 1. The number of methoxy groups -OCH3 is 1. The van der Waals surface area contributed by atoms with Crippen molar-refractivity contribution in [3.8, 4) is 11.5 Å². The average molecular weight is 263 g/mol. The second kappa shape index (κ2) is 6.29. The van der Waals surface area contributed by atoms with Crippen molar-refractivity contribution in [3.05, 3.63) is 23.8 Å². The van der Waals surface area contributed by atoms with Crippen molar-refractivity contribution in [1.82, 2.24) is 0 Å². The minimum Gasteiger partial charge on any atom is -0.493 e. The van der Waals surface area contributed by atoms with Gasteiger partial charge >= 0.3 is 0 Å². The second-order valence-electron chi connectivity index (χ2n) is 5.85. The molecule has 0 aliphatic heterocycles. The summed E-state index contributed by atoms with van der Waals surface area (Å²) in [6, 6.07) is 5.92. The Balaban J connectivity index is 2.12. The van der Waals surface area contributed by atoms with Gasteiger partial charge in [-0.2, -0.15) is 0 Å². The Morgan fingerprint density at radius 3 is 2.37 bits per heavy atom. The quantitative estimate of drug-likeness (QED) is 0.906. The highest BCUT2D eigenvalue weighted by Crippen LogP contribution is 2.35. The molecule has 0 bridgehead atoms. The largest absolute Gasteiger partial charge is 0.493 e. The van der Waals surface area contributed by atoms with Crippen LogP contribution in [0.3, 0.4) is 0 Å². The van der Waals surface area contributed by atoms with E-state index in [-0.39, 0.29) is 0 Å². The van der Waals surface area contributed by atoms with E-state index in [0.29, 0.717) is 12.6 Å². The molecule has 3 heteroatoms. The first-order chi connectivity index (χ1) is 9.12. The van der Waals surface area contributed by atoms with Crippen molar-refractivity contribution in [2.75, 3.05) is 7.11 Å². The number of benzene rings is 1. The van der Waals surface area contributed by atoms with Crippen molar-refractivity contribution in [2.24, 2.45) is 17.6 Å². The topological polar surface area (TPSA) is 44.5 Å². The van der Waals surface area contributed by atoms with E-state index in [0.717, 1.165) is 41.7 Å². The maximum atomic E-state index is 6.18. The van der Waals surface area contributed by atoms with Crippen LogP contribution in [0.2, 0.25) is 0 Å². The van der Waals surface area contributed by atoms with E-state index in [1.165, 1.54) is 6.42 Å². The van der Waals surface area contributed by atoms with Crippen LogP contribution in [0.15, 0.2) is 18.2 Å². The zero-order valence-corrected chi connectivity index (χ0v) is 12.2. The van der Waals surface area contributed by atoms with Crippen LogP contribution >= 0.6 is 0 Å². The smallest absolute Gasteiger partial charge is 0.161 e. The van der Waals surface area contributed by atoms with Gasteiger partial charge in [-0.3, -0.25) is 0 Å². The Bertz CT molecular complexity index is 409. The molecular weight excluding hydrogens is 238 g/mol. The average Bonchev–Trinajstić information content (AvgIpc) is 2.37. The first-order valence-electron chi connectivity index (χ1n) is 7.16. The third-order valence-electron chi connectivity index (χ3n) is 3.89. The molecule has 2 unspecified atom stereocenters. The fourth-order valence-corrected chi connectivity index (χ4v) is 3.09. The fourth-order valence-electron chi connectivity index (χ4n) is 3.09. The Morgan fingerprint density at radius 1 is 1.11 bits per heavy atom. The monoisotopic (exact) mass is 263 g/mol. The van der Waals surface area contributed by atoms with Gasteiger partial charge in [0.05, 0.1) is 13.2 Å².